The third kappa shape index (κ3) is 12.7. The van der Waals surface area contributed by atoms with Gasteiger partial charge < -0.3 is 19.9 Å². The molecule has 21 heteroatoms. The van der Waals surface area contributed by atoms with Gasteiger partial charge in [0.15, 0.2) is 0 Å². The van der Waals surface area contributed by atoms with Crippen LogP contribution < -0.4 is 15.2 Å². The Morgan fingerprint density at radius 2 is 0.800 bits per heavy atom. The lowest BCUT2D eigenvalue weighted by Crippen LogP contribution is -2.41. The SMILES string of the molecule is CCCCOC(=O)c1cnc2c3ccc(C(=O)Oc4ccc(Cl)cc4Cl)c4c(C)cnc(c5ccc(C(=O)Oc6ccc(Cl)cc6Cl)c1c52)c43.NCCc1ccccc1.O=C1c2ccc3c4ncc5c6c(ccc(c7ncc(c2c37)C(=O)N1CCc1ccccc1)c64)C(=O)N(CCc1ccccc1)C5=O. The summed E-state index contributed by atoms with van der Waals surface area (Å²) in [4.78, 5) is 118. The number of nitrogens with zero attached hydrogens (tertiary/aromatic N) is 6. The van der Waals surface area contributed by atoms with Crippen LogP contribution in [0.3, 0.4) is 0 Å². The molecule has 0 unspecified atom stereocenters. The molecule has 4 aromatic heterocycles. The molecule has 17 nitrogen and oxygen atoms in total. The Kier molecular flexibility index (Phi) is 19.1. The third-order valence-electron chi connectivity index (χ3n) is 19.0. The predicted octanol–water partition coefficient (Wildman–Crippen LogP) is 18.2. The number of halogens is 4. The minimum atomic E-state index is -0.757. The van der Waals surface area contributed by atoms with Gasteiger partial charge in [-0.1, -0.05) is 175 Å². The molecule has 0 spiro atoms. The molecule has 17 rings (SSSR count). The van der Waals surface area contributed by atoms with Gasteiger partial charge in [-0.3, -0.25) is 48.9 Å². The minimum Gasteiger partial charge on any atom is -0.462 e. The van der Waals surface area contributed by atoms with Gasteiger partial charge in [-0.2, -0.15) is 0 Å². The molecule has 0 aliphatic carbocycles. The maximum Gasteiger partial charge on any atom is 0.344 e. The molecular formula is C84H59Cl4N7O10. The molecular weight excluding hydrogens is 1410 g/mol. The zero-order valence-electron chi connectivity index (χ0n) is 56.3. The Labute approximate surface area is 619 Å². The summed E-state index contributed by atoms with van der Waals surface area (Å²) in [6.45, 7) is 5.28. The second-order valence-electron chi connectivity index (χ2n) is 25.4. The van der Waals surface area contributed by atoms with Gasteiger partial charge in [0.05, 0.1) is 66.5 Å². The summed E-state index contributed by atoms with van der Waals surface area (Å²) >= 11 is 24.7. The normalized spacial score (nSPS) is 12.6. The van der Waals surface area contributed by atoms with Crippen molar-refractivity contribution in [1.29, 1.82) is 0 Å². The largest absolute Gasteiger partial charge is 0.462 e. The number of unbranched alkanes of at least 4 members (excludes halogenated alkanes) is 1. The number of rotatable bonds is 16. The van der Waals surface area contributed by atoms with E-state index in [9.17, 15) is 33.6 Å². The highest BCUT2D eigenvalue weighted by Gasteiger charge is 2.38. The molecule has 0 fully saturated rings. The molecule has 2 aliphatic heterocycles. The van der Waals surface area contributed by atoms with Crippen molar-refractivity contribution in [2.24, 2.45) is 5.73 Å². The number of aryl methyl sites for hydroxylation is 1. The molecule has 6 heterocycles. The van der Waals surface area contributed by atoms with Crippen LogP contribution in [0.15, 0.2) is 201 Å². The number of pyridine rings is 4. The van der Waals surface area contributed by atoms with E-state index in [4.69, 9.17) is 86.3 Å². The number of esters is 3. The van der Waals surface area contributed by atoms with Gasteiger partial charge in [0.2, 0.25) is 0 Å². The molecule has 0 radical (unpaired) electrons. The van der Waals surface area contributed by atoms with Crippen LogP contribution in [0.25, 0.3) is 86.7 Å². The lowest BCUT2D eigenvalue weighted by atomic mass is 9.86. The first-order valence-electron chi connectivity index (χ1n) is 33.9. The Balaban J connectivity index is 0.000000151. The van der Waals surface area contributed by atoms with E-state index in [0.717, 1.165) is 36.1 Å². The quantitative estimate of drug-likeness (QED) is 0.0237. The first-order valence-corrected chi connectivity index (χ1v) is 35.4. The van der Waals surface area contributed by atoms with Crippen molar-refractivity contribution >= 4 is 175 Å². The van der Waals surface area contributed by atoms with E-state index in [0.29, 0.717) is 133 Å². The maximum atomic E-state index is 13.9. The topological polar surface area (TPSA) is 231 Å². The van der Waals surface area contributed by atoms with Crippen molar-refractivity contribution in [2.45, 2.75) is 46.0 Å². The number of carbonyl (C=O) groups is 7. The summed E-state index contributed by atoms with van der Waals surface area (Å²) < 4.78 is 17.0. The average molecular weight is 1470 g/mol. The summed E-state index contributed by atoms with van der Waals surface area (Å²) in [6.07, 6.45) is 9.71. The summed E-state index contributed by atoms with van der Waals surface area (Å²) in [5.74, 6) is -3.20. The van der Waals surface area contributed by atoms with Crippen LogP contribution in [-0.2, 0) is 24.0 Å². The number of carbonyl (C=O) groups excluding carboxylic acids is 7. The summed E-state index contributed by atoms with van der Waals surface area (Å²) in [5, 5.41) is 8.30. The van der Waals surface area contributed by atoms with E-state index in [1.807, 2.05) is 105 Å². The average Bonchev–Trinajstić information content (AvgIpc) is 0.688. The lowest BCUT2D eigenvalue weighted by molar-refractivity contribution is 0.0499. The van der Waals surface area contributed by atoms with Crippen LogP contribution in [-0.4, -0.2) is 97.5 Å². The van der Waals surface area contributed by atoms with E-state index in [1.165, 1.54) is 45.8 Å². The fourth-order valence-electron chi connectivity index (χ4n) is 14.1. The monoisotopic (exact) mass is 1470 g/mol. The number of nitrogens with two attached hydrogens (primary N) is 1. The summed E-state index contributed by atoms with van der Waals surface area (Å²) in [7, 11) is 0. The standard InChI is InChI=1S/C38H24Cl4N2O6.C38H24N4O4.C8H11N/c1-3-4-13-48-36(45)25-17-44-35-21-7-9-23(37(46)49-28-11-5-19(39)14-26(28)41)30-18(2)16-43-34(32(21)30)22-8-10-24(31(25)33(22)35)38(47)50-29-12-6-20(40)15-27(29)42;43-35-25-13-11-23-31-29(25)27(37(45)41(35)17-15-21-7-3-1-4-8-21)19-39-33(31)24-12-14-26-30-28(20-40-34(23)32(24)30)38(46)42(36(26)44)18-16-22-9-5-2-6-10-22;9-7-6-8-4-2-1-3-5-8/h5-12,14-17H,3-4,13H2,1-2H3;1-14,19-20H,15-18H2;1-5H,6-7,9H2. The van der Waals surface area contributed by atoms with Crippen molar-refractivity contribution in [3.8, 4) is 11.5 Å². The second kappa shape index (κ2) is 28.9. The highest BCUT2D eigenvalue weighted by Crippen LogP contribution is 2.47. The number of hydrogen-bond donors (Lipinski definition) is 1. The van der Waals surface area contributed by atoms with Gasteiger partial charge in [-0.25, -0.2) is 14.4 Å². The Bertz CT molecular complexity index is 5770. The van der Waals surface area contributed by atoms with Crippen LogP contribution in [0, 0.1) is 6.92 Å². The van der Waals surface area contributed by atoms with E-state index in [2.05, 4.69) is 12.1 Å². The van der Waals surface area contributed by atoms with Gasteiger partial charge >= 0.3 is 17.9 Å². The third-order valence-corrected chi connectivity index (χ3v) is 20.1. The van der Waals surface area contributed by atoms with Crippen molar-refractivity contribution in [3.05, 3.63) is 282 Å². The van der Waals surface area contributed by atoms with E-state index >= 15 is 0 Å². The Morgan fingerprint density at radius 3 is 1.24 bits per heavy atom. The molecule has 15 aromatic rings. The summed E-state index contributed by atoms with van der Waals surface area (Å²) in [5.41, 5.74) is 13.8. The smallest absolute Gasteiger partial charge is 0.344 e. The first kappa shape index (κ1) is 69.2. The van der Waals surface area contributed by atoms with Crippen LogP contribution in [0.5, 0.6) is 11.5 Å². The number of benzene rings is 11. The molecule has 4 amide bonds. The number of hydrogen-bond acceptors (Lipinski definition) is 15. The van der Waals surface area contributed by atoms with E-state index < -0.39 is 17.9 Å². The number of fused-ring (bicyclic) bond motifs is 4. The van der Waals surface area contributed by atoms with Gasteiger partial charge in [-0.05, 0) is 122 Å². The van der Waals surface area contributed by atoms with Crippen molar-refractivity contribution in [1.82, 2.24) is 29.7 Å². The summed E-state index contributed by atoms with van der Waals surface area (Å²) in [6, 6.07) is 52.7. The van der Waals surface area contributed by atoms with Gasteiger partial charge in [-0.15, -0.1) is 0 Å². The molecule has 2 N–H and O–H groups in total. The molecule has 0 atom stereocenters. The molecule has 518 valence electrons. The van der Waals surface area contributed by atoms with E-state index in [1.54, 1.807) is 67.1 Å². The van der Waals surface area contributed by atoms with Crippen molar-refractivity contribution in [3.63, 3.8) is 0 Å². The second-order valence-corrected chi connectivity index (χ2v) is 27.1. The van der Waals surface area contributed by atoms with Crippen molar-refractivity contribution in [2.75, 3.05) is 26.2 Å². The molecule has 0 saturated carbocycles. The number of amides is 4. The zero-order valence-corrected chi connectivity index (χ0v) is 59.3. The zero-order chi connectivity index (χ0) is 72.9. The molecule has 0 saturated heterocycles. The van der Waals surface area contributed by atoms with Gasteiger partial charge in [0.25, 0.3) is 23.6 Å². The minimum absolute atomic E-state index is 0.0858. The number of imide groups is 2. The highest BCUT2D eigenvalue weighted by atomic mass is 35.5. The van der Waals surface area contributed by atoms with Gasteiger partial charge in [0.1, 0.15) is 11.5 Å². The Hall–Kier alpha value is -11.6. The molecule has 11 aromatic carbocycles. The van der Waals surface area contributed by atoms with E-state index in [-0.39, 0.29) is 86.9 Å². The Morgan fingerprint density at radius 1 is 0.410 bits per heavy atom. The highest BCUT2D eigenvalue weighted by molar-refractivity contribution is 6.41. The number of ether oxygens (including phenoxy) is 3. The van der Waals surface area contributed by atoms with Crippen LogP contribution in [0.2, 0.25) is 20.1 Å². The lowest BCUT2D eigenvalue weighted by Gasteiger charge is -2.29. The fourth-order valence-corrected chi connectivity index (χ4v) is 15.0. The first-order chi connectivity index (χ1) is 51.0. The predicted molar refractivity (Wildman–Crippen MR) is 409 cm³/mol. The molecule has 2 aliphatic rings. The van der Waals surface area contributed by atoms with Crippen molar-refractivity contribution < 1.29 is 47.8 Å². The van der Waals surface area contributed by atoms with Crippen LogP contribution in [0.1, 0.15) is 115 Å². The molecule has 0 bridgehead atoms. The molecule has 105 heavy (non-hydrogen) atoms. The number of aromatic nitrogens is 4. The van der Waals surface area contributed by atoms with Crippen LogP contribution in [0.4, 0.5) is 0 Å². The fraction of sp³-hybridized carbons (Fsp3) is 0.131. The van der Waals surface area contributed by atoms with Crippen LogP contribution >= 0.6 is 46.4 Å². The maximum absolute atomic E-state index is 13.9. The van der Waals surface area contributed by atoms with Gasteiger partial charge in [0, 0.05) is 124 Å².